The van der Waals surface area contributed by atoms with Crippen LogP contribution in [0, 0.1) is 0 Å². The fraction of sp³-hybridized carbons (Fsp3) is 0.419. The fourth-order valence-electron chi connectivity index (χ4n) is 5.22. The van der Waals surface area contributed by atoms with E-state index in [1.807, 2.05) is 43.3 Å². The standard InChI is InChI=1S/C31H37N7O5/c1-6-26(39)38-24-19-33-23(20-9-8-14-32-18-20)17-21(24)27(36-38)22-10-7-11-25(34-22)37-15-12-31(13-16-37,28(40)42-5)35-29(41)43-30(2,3)4/h7-11,14,17-19,26,39H,6,12-13,15-16H2,1-5H3,(H,35,41). The largest absolute Gasteiger partial charge is 0.467 e. The van der Waals surface area contributed by atoms with Gasteiger partial charge in [0.05, 0.1) is 30.2 Å². The topological polar surface area (TPSA) is 145 Å². The summed E-state index contributed by atoms with van der Waals surface area (Å²) in [5, 5.41) is 19.1. The summed E-state index contributed by atoms with van der Waals surface area (Å²) >= 11 is 0. The first-order valence-electron chi connectivity index (χ1n) is 14.3. The Balaban J connectivity index is 1.45. The lowest BCUT2D eigenvalue weighted by Crippen LogP contribution is -2.61. The highest BCUT2D eigenvalue weighted by Crippen LogP contribution is 2.33. The number of aliphatic hydroxyl groups is 1. The SMILES string of the molecule is CCC(O)n1nc(-c2cccc(N3CCC(NC(=O)OC(C)(C)C)(C(=O)OC)CC3)n2)c2cc(-c3cccnc3)ncc21. The molecule has 0 radical (unpaired) electrons. The van der Waals surface area contributed by atoms with Crippen molar-refractivity contribution in [3.8, 4) is 22.6 Å². The number of aliphatic hydroxyl groups excluding tert-OH is 1. The summed E-state index contributed by atoms with van der Waals surface area (Å²) in [6.07, 6.45) is 4.78. The maximum Gasteiger partial charge on any atom is 0.408 e. The number of fused-ring (bicyclic) bond motifs is 1. The average Bonchev–Trinajstić information content (AvgIpc) is 3.39. The highest BCUT2D eigenvalue weighted by molar-refractivity contribution is 5.94. The van der Waals surface area contributed by atoms with E-state index in [1.54, 1.807) is 44.0 Å². The predicted octanol–water partition coefficient (Wildman–Crippen LogP) is 4.49. The molecule has 2 N–H and O–H groups in total. The number of carbonyl (C=O) groups excluding carboxylic acids is 2. The number of methoxy groups -OCH3 is 1. The molecule has 1 unspecified atom stereocenters. The van der Waals surface area contributed by atoms with Gasteiger partial charge in [-0.1, -0.05) is 13.0 Å². The van der Waals surface area contributed by atoms with Gasteiger partial charge in [-0.25, -0.2) is 19.3 Å². The molecule has 1 amide bonds. The van der Waals surface area contributed by atoms with Crippen molar-refractivity contribution in [1.82, 2.24) is 30.0 Å². The Morgan fingerprint density at radius 3 is 2.53 bits per heavy atom. The molecule has 0 aromatic carbocycles. The van der Waals surface area contributed by atoms with Crippen LogP contribution in [0.2, 0.25) is 0 Å². The molecule has 1 atom stereocenters. The predicted molar refractivity (Wildman–Crippen MR) is 161 cm³/mol. The van der Waals surface area contributed by atoms with E-state index < -0.39 is 29.4 Å². The van der Waals surface area contributed by atoms with Crippen molar-refractivity contribution in [3.63, 3.8) is 0 Å². The van der Waals surface area contributed by atoms with Crippen LogP contribution >= 0.6 is 0 Å². The number of ether oxygens (including phenoxy) is 2. The first kappa shape index (κ1) is 29.9. The molecule has 4 aromatic rings. The molecule has 1 saturated heterocycles. The van der Waals surface area contributed by atoms with Gasteiger partial charge in [-0.3, -0.25) is 9.97 Å². The number of amides is 1. The Labute approximate surface area is 250 Å². The van der Waals surface area contributed by atoms with Gasteiger partial charge in [0.1, 0.15) is 28.9 Å². The van der Waals surface area contributed by atoms with Crippen molar-refractivity contribution in [2.45, 2.75) is 64.3 Å². The van der Waals surface area contributed by atoms with Crippen LogP contribution in [0.25, 0.3) is 33.5 Å². The van der Waals surface area contributed by atoms with Crippen LogP contribution < -0.4 is 10.2 Å². The third kappa shape index (κ3) is 6.29. The second kappa shape index (κ2) is 12.0. The van der Waals surface area contributed by atoms with Crippen molar-refractivity contribution in [2.75, 3.05) is 25.1 Å². The monoisotopic (exact) mass is 587 g/mol. The van der Waals surface area contributed by atoms with Gasteiger partial charge in [0.25, 0.3) is 0 Å². The summed E-state index contributed by atoms with van der Waals surface area (Å²) in [5.74, 6) is 0.192. The summed E-state index contributed by atoms with van der Waals surface area (Å²) in [5.41, 5.74) is 1.63. The Morgan fingerprint density at radius 1 is 1.12 bits per heavy atom. The van der Waals surface area contributed by atoms with Crippen molar-refractivity contribution in [2.24, 2.45) is 0 Å². The van der Waals surface area contributed by atoms with Gasteiger partial charge in [-0.2, -0.15) is 5.10 Å². The number of aromatic nitrogens is 5. The van der Waals surface area contributed by atoms with Gasteiger partial charge < -0.3 is 24.8 Å². The summed E-state index contributed by atoms with van der Waals surface area (Å²) in [6.45, 7) is 8.08. The van der Waals surface area contributed by atoms with Crippen LogP contribution in [0.15, 0.2) is 55.0 Å². The van der Waals surface area contributed by atoms with Gasteiger partial charge in [0.2, 0.25) is 0 Å². The Hall–Kier alpha value is -4.58. The quantitative estimate of drug-likeness (QED) is 0.297. The number of hydrogen-bond acceptors (Lipinski definition) is 10. The number of anilines is 1. The lowest BCUT2D eigenvalue weighted by atomic mass is 9.87. The zero-order chi connectivity index (χ0) is 30.8. The molecule has 12 heteroatoms. The highest BCUT2D eigenvalue weighted by atomic mass is 16.6. The minimum atomic E-state index is -1.20. The van der Waals surface area contributed by atoms with Crippen molar-refractivity contribution in [3.05, 3.63) is 55.0 Å². The first-order chi connectivity index (χ1) is 20.5. The molecular weight excluding hydrogens is 550 g/mol. The second-order valence-electron chi connectivity index (χ2n) is 11.6. The average molecular weight is 588 g/mol. The summed E-state index contributed by atoms with van der Waals surface area (Å²) < 4.78 is 12.1. The van der Waals surface area contributed by atoms with E-state index in [2.05, 4.69) is 20.2 Å². The van der Waals surface area contributed by atoms with Gasteiger partial charge in [0, 0.05) is 36.4 Å². The fourth-order valence-corrected chi connectivity index (χ4v) is 5.22. The molecular formula is C31H37N7O5. The maximum atomic E-state index is 12.8. The molecule has 0 spiro atoms. The van der Waals surface area contributed by atoms with Gasteiger partial charge in [-0.15, -0.1) is 0 Å². The van der Waals surface area contributed by atoms with E-state index in [1.165, 1.54) is 7.11 Å². The van der Waals surface area contributed by atoms with Crippen molar-refractivity contribution in [1.29, 1.82) is 0 Å². The zero-order valence-corrected chi connectivity index (χ0v) is 25.1. The van der Waals surface area contributed by atoms with Crippen LogP contribution in [0.3, 0.4) is 0 Å². The van der Waals surface area contributed by atoms with Crippen molar-refractivity contribution < 1.29 is 24.2 Å². The Kier molecular flexibility index (Phi) is 8.32. The second-order valence-corrected chi connectivity index (χ2v) is 11.6. The molecule has 5 heterocycles. The molecule has 12 nitrogen and oxygen atoms in total. The highest BCUT2D eigenvalue weighted by Gasteiger charge is 2.45. The summed E-state index contributed by atoms with van der Waals surface area (Å²) in [7, 11) is 1.31. The van der Waals surface area contributed by atoms with Crippen molar-refractivity contribution >= 4 is 28.8 Å². The molecule has 1 aliphatic rings. The zero-order valence-electron chi connectivity index (χ0n) is 25.1. The number of hydrogen-bond donors (Lipinski definition) is 2. The molecule has 0 saturated carbocycles. The van der Waals surface area contributed by atoms with Crippen LogP contribution in [0.4, 0.5) is 10.6 Å². The van der Waals surface area contributed by atoms with Gasteiger partial charge in [-0.05, 0) is 70.4 Å². The molecule has 4 aromatic heterocycles. The van der Waals surface area contributed by atoms with Crippen LogP contribution in [0.1, 0.15) is 53.2 Å². The van der Waals surface area contributed by atoms with Crippen LogP contribution in [-0.4, -0.2) is 73.2 Å². The number of nitrogens with zero attached hydrogens (tertiary/aromatic N) is 6. The Morgan fingerprint density at radius 2 is 1.88 bits per heavy atom. The summed E-state index contributed by atoms with van der Waals surface area (Å²) in [4.78, 5) is 41.3. The summed E-state index contributed by atoms with van der Waals surface area (Å²) in [6, 6.07) is 11.4. The number of nitrogens with one attached hydrogen (secondary N) is 1. The smallest absolute Gasteiger partial charge is 0.408 e. The minimum Gasteiger partial charge on any atom is -0.467 e. The molecule has 5 rings (SSSR count). The maximum absolute atomic E-state index is 12.8. The number of rotatable bonds is 7. The van der Waals surface area contributed by atoms with E-state index in [9.17, 15) is 14.7 Å². The van der Waals surface area contributed by atoms with E-state index in [4.69, 9.17) is 19.6 Å². The van der Waals surface area contributed by atoms with Gasteiger partial charge >= 0.3 is 12.1 Å². The van der Waals surface area contributed by atoms with E-state index in [0.29, 0.717) is 55.1 Å². The van der Waals surface area contributed by atoms with Crippen LogP contribution in [-0.2, 0) is 14.3 Å². The minimum absolute atomic E-state index is 0.311. The molecule has 43 heavy (non-hydrogen) atoms. The first-order valence-corrected chi connectivity index (χ1v) is 14.3. The molecule has 226 valence electrons. The van der Waals surface area contributed by atoms with E-state index in [0.717, 1.165) is 16.6 Å². The normalized spacial score (nSPS) is 15.6. The Bertz CT molecular complexity index is 1610. The molecule has 0 bridgehead atoms. The van der Waals surface area contributed by atoms with E-state index >= 15 is 0 Å². The lowest BCUT2D eigenvalue weighted by molar-refractivity contribution is -0.149. The molecule has 0 aliphatic carbocycles. The van der Waals surface area contributed by atoms with Crippen LogP contribution in [0.5, 0.6) is 0 Å². The number of piperidine rings is 1. The van der Waals surface area contributed by atoms with E-state index in [-0.39, 0.29) is 0 Å². The number of alkyl carbamates (subject to hydrolysis) is 1. The molecule has 1 aliphatic heterocycles. The number of carbonyl (C=O) groups is 2. The third-order valence-corrected chi connectivity index (χ3v) is 7.43. The molecule has 1 fully saturated rings. The number of esters is 1. The lowest BCUT2D eigenvalue weighted by Gasteiger charge is -2.40. The number of pyridine rings is 3. The van der Waals surface area contributed by atoms with Gasteiger partial charge in [0.15, 0.2) is 0 Å². The third-order valence-electron chi connectivity index (χ3n) is 7.43.